The van der Waals surface area contributed by atoms with E-state index in [9.17, 15) is 0 Å². The molecular formula is Ga4O12Ti3. The van der Waals surface area contributed by atoms with Crippen molar-refractivity contribution < 1.29 is 98.7 Å². The Morgan fingerprint density at radius 3 is 0.263 bits per heavy atom. The van der Waals surface area contributed by atoms with E-state index in [2.05, 4.69) is 0 Å². The van der Waals surface area contributed by atoms with E-state index in [0.717, 1.165) is 0 Å². The molecule has 0 atom stereocenters. The molecule has 0 aliphatic heterocycles. The van der Waals surface area contributed by atoms with Gasteiger partial charge in [-0.05, 0) is 0 Å². The van der Waals surface area contributed by atoms with E-state index in [1.165, 1.54) is 0 Å². The molecule has 0 aromatic carbocycles. The van der Waals surface area contributed by atoms with Gasteiger partial charge in [0.25, 0.3) is 0 Å². The molecule has 0 aliphatic rings. The predicted molar refractivity (Wildman–Crippen MR) is 23.0 cm³/mol. The number of hydrogen-bond donors (Lipinski definition) is 0. The molecule has 0 amide bonds. The van der Waals surface area contributed by atoms with Gasteiger partial charge in [-0.2, -0.15) is 0 Å². The number of rotatable bonds is 0. The standard InChI is InChI=1S/4Ga.12O.3Ti/q4*+3;12*-1;;;. The summed E-state index contributed by atoms with van der Waals surface area (Å²) in [5, 5.41) is 0. The Morgan fingerprint density at radius 1 is 0.263 bits per heavy atom. The molecule has 19 heteroatoms. The van der Waals surface area contributed by atoms with E-state index in [0.29, 0.717) is 0 Å². The normalized spacial score (nSPS) is 9.47. The van der Waals surface area contributed by atoms with Crippen molar-refractivity contribution in [3.63, 3.8) is 0 Å². The summed E-state index contributed by atoms with van der Waals surface area (Å²) in [6.45, 7) is 0. The summed E-state index contributed by atoms with van der Waals surface area (Å²) >= 11 is -18.0. The molecule has 0 heterocycles. The summed E-state index contributed by atoms with van der Waals surface area (Å²) in [5.74, 6) is 0. The van der Waals surface area contributed by atoms with E-state index in [1.807, 2.05) is 0 Å². The molecule has 96 valence electrons. The Balaban J connectivity index is -0.0000000206. The Hall–Kier alpha value is 4.21. The molecule has 0 rings (SSSR count). The Labute approximate surface area is 175 Å². The van der Waals surface area contributed by atoms with Crippen LogP contribution in [0.1, 0.15) is 0 Å². The minimum absolute atomic E-state index is 0. The maximum atomic E-state index is 8.62. The third-order valence-electron chi connectivity index (χ3n) is 0. The van der Waals surface area contributed by atoms with Crippen molar-refractivity contribution in [1.82, 2.24) is 0 Å². The monoisotopic (exact) mass is 611 g/mol. The van der Waals surface area contributed by atoms with Gasteiger partial charge in [0.1, 0.15) is 0 Å². The van der Waals surface area contributed by atoms with Crippen LogP contribution in [-0.2, 0) is 54.4 Å². The third kappa shape index (κ3) is 512. The topological polar surface area (TPSA) is 277 Å². The van der Waals surface area contributed by atoms with Crippen LogP contribution in [0.15, 0.2) is 0 Å². The van der Waals surface area contributed by atoms with Crippen molar-refractivity contribution in [3.05, 3.63) is 0 Å². The van der Waals surface area contributed by atoms with Crippen molar-refractivity contribution in [1.29, 1.82) is 0 Å². The van der Waals surface area contributed by atoms with E-state index < -0.39 is 54.4 Å². The molecule has 0 spiro atoms. The van der Waals surface area contributed by atoms with Crippen LogP contribution in [0.4, 0.5) is 0 Å². The summed E-state index contributed by atoms with van der Waals surface area (Å²) in [6.07, 6.45) is 0. The van der Waals surface area contributed by atoms with Gasteiger partial charge in [0.2, 0.25) is 0 Å². The summed E-state index contributed by atoms with van der Waals surface area (Å²) in [5.41, 5.74) is 0. The van der Waals surface area contributed by atoms with Gasteiger partial charge in [-0.1, -0.05) is 0 Å². The molecule has 0 saturated heterocycles. The summed E-state index contributed by atoms with van der Waals surface area (Å²) in [6, 6.07) is 0. The Morgan fingerprint density at radius 2 is 0.263 bits per heavy atom. The zero-order valence-electron chi connectivity index (χ0n) is 8.71. The van der Waals surface area contributed by atoms with Crippen molar-refractivity contribution in [2.45, 2.75) is 0 Å². The van der Waals surface area contributed by atoms with Crippen LogP contribution in [0.5, 0.6) is 0 Å². The van der Waals surface area contributed by atoms with Crippen molar-refractivity contribution in [2.75, 3.05) is 0 Å². The Kier molecular flexibility index (Phi) is 46.4. The molecule has 0 fully saturated rings. The molecule has 0 saturated carbocycles. The van der Waals surface area contributed by atoms with Crippen LogP contribution in [0, 0.1) is 0 Å². The van der Waals surface area contributed by atoms with Gasteiger partial charge in [-0.25, -0.2) is 0 Å². The van der Waals surface area contributed by atoms with Gasteiger partial charge in [0, 0.05) is 0 Å². The predicted octanol–water partition coefficient (Wildman–Crippen LogP) is -15.8. The average Bonchev–Trinajstić information content (AvgIpc) is 1.41. The first-order chi connectivity index (χ1) is 6.00. The van der Waals surface area contributed by atoms with Gasteiger partial charge in [0.05, 0.1) is 0 Å². The van der Waals surface area contributed by atoms with Crippen LogP contribution < -0.4 is 44.3 Å². The van der Waals surface area contributed by atoms with Crippen molar-refractivity contribution in [2.24, 2.45) is 0 Å². The first kappa shape index (κ1) is 43.6. The van der Waals surface area contributed by atoms with Gasteiger partial charge in [-0.3, -0.25) is 0 Å². The number of hydrogen-bond acceptors (Lipinski definition) is 12. The van der Waals surface area contributed by atoms with Crippen molar-refractivity contribution >= 4 is 79.2 Å². The molecule has 0 radical (unpaired) electrons. The van der Waals surface area contributed by atoms with Crippen LogP contribution >= 0.6 is 0 Å². The molecule has 0 aromatic heterocycles. The SMILES string of the molecule is [Ga+3].[Ga+3].[Ga+3].[Ga+3].[O-][Ti]([O-])([O-])[O-].[O-][Ti]([O-])([O-])[O-].[O-][Ti]([O-])([O-])[O-]. The summed E-state index contributed by atoms with van der Waals surface area (Å²) < 4.78 is 104. The van der Waals surface area contributed by atoms with Crippen LogP contribution in [0.25, 0.3) is 0 Å². The van der Waals surface area contributed by atoms with Gasteiger partial charge < -0.3 is 0 Å². The fraction of sp³-hybridized carbons (Fsp3) is 0. The van der Waals surface area contributed by atoms with Gasteiger partial charge in [0.15, 0.2) is 0 Å². The second kappa shape index (κ2) is 20.3. The first-order valence-corrected chi connectivity index (χ1v) is 10.1. The fourth-order valence-corrected chi connectivity index (χ4v) is 0. The zero-order chi connectivity index (χ0) is 13.5. The molecule has 19 heavy (non-hydrogen) atoms. The van der Waals surface area contributed by atoms with E-state index in [1.54, 1.807) is 0 Å². The summed E-state index contributed by atoms with van der Waals surface area (Å²) in [4.78, 5) is 0. The third-order valence-corrected chi connectivity index (χ3v) is 0. The fourth-order valence-electron chi connectivity index (χ4n) is 0. The van der Waals surface area contributed by atoms with Gasteiger partial charge in [-0.15, -0.1) is 0 Å². The minimum atomic E-state index is -6.00. The van der Waals surface area contributed by atoms with Crippen LogP contribution in [-0.4, -0.2) is 79.2 Å². The van der Waals surface area contributed by atoms with E-state index in [-0.39, 0.29) is 79.2 Å². The van der Waals surface area contributed by atoms with Crippen LogP contribution in [0.2, 0.25) is 0 Å². The summed E-state index contributed by atoms with van der Waals surface area (Å²) in [7, 11) is 0. The second-order valence-electron chi connectivity index (χ2n) is 1.50. The molecular weight excluding hydrogens is 614 g/mol. The molecule has 0 N–H and O–H groups in total. The van der Waals surface area contributed by atoms with E-state index >= 15 is 0 Å². The molecule has 0 aliphatic carbocycles. The van der Waals surface area contributed by atoms with Crippen LogP contribution in [0.3, 0.4) is 0 Å². The Bertz CT molecular complexity index is 100.0. The quantitative estimate of drug-likeness (QED) is 0.230. The first-order valence-electron chi connectivity index (χ1n) is 2.45. The van der Waals surface area contributed by atoms with Crippen molar-refractivity contribution in [3.8, 4) is 0 Å². The molecule has 12 nitrogen and oxygen atoms in total. The molecule has 0 unspecified atom stereocenters. The van der Waals surface area contributed by atoms with E-state index in [4.69, 9.17) is 44.3 Å². The average molecular weight is 614 g/mol. The van der Waals surface area contributed by atoms with Gasteiger partial charge >= 0.3 is 178 Å². The second-order valence-corrected chi connectivity index (χ2v) is 6.18. The molecule has 0 bridgehead atoms. The molecule has 0 aromatic rings. The maximum absolute atomic E-state index is 8.62. The zero-order valence-corrected chi connectivity index (χ0v) is 23.1.